The third-order valence-corrected chi connectivity index (χ3v) is 4.83. The maximum Gasteiger partial charge on any atom is 0.328 e. The predicted octanol–water partition coefficient (Wildman–Crippen LogP) is 3.57. The summed E-state index contributed by atoms with van der Waals surface area (Å²) in [4.78, 5) is 41.2. The molecule has 0 radical (unpaired) electrons. The third-order valence-electron chi connectivity index (χ3n) is 4.83. The second-order valence-corrected chi connectivity index (χ2v) is 6.46. The first kappa shape index (κ1) is 21.2. The van der Waals surface area contributed by atoms with E-state index in [1.807, 2.05) is 6.92 Å². The van der Waals surface area contributed by atoms with Gasteiger partial charge in [0.25, 0.3) is 5.91 Å². The highest BCUT2D eigenvalue weighted by Gasteiger charge is 2.56. The molecular formula is C22H26N2O4. The van der Waals surface area contributed by atoms with Crippen molar-refractivity contribution in [3.05, 3.63) is 72.5 Å². The van der Waals surface area contributed by atoms with Crippen molar-refractivity contribution in [1.29, 1.82) is 0 Å². The van der Waals surface area contributed by atoms with Gasteiger partial charge in [-0.15, -0.1) is 0 Å². The summed E-state index contributed by atoms with van der Waals surface area (Å²) in [5, 5.41) is 0. The van der Waals surface area contributed by atoms with Crippen LogP contribution in [0.15, 0.2) is 67.0 Å². The summed E-state index contributed by atoms with van der Waals surface area (Å²) in [7, 11) is 0. The molecule has 1 saturated heterocycles. The smallest absolute Gasteiger partial charge is 0.328 e. The van der Waals surface area contributed by atoms with E-state index in [-0.39, 0.29) is 18.9 Å². The van der Waals surface area contributed by atoms with Crippen LogP contribution in [0.25, 0.3) is 0 Å². The Kier molecular flexibility index (Phi) is 6.57. The first-order valence-electron chi connectivity index (χ1n) is 9.19. The number of imide groups is 1. The molecule has 1 aromatic rings. The van der Waals surface area contributed by atoms with E-state index in [1.165, 1.54) is 11.0 Å². The number of likely N-dealkylation sites (N-methyl/N-ethyl adjacent to an activating group) is 1. The van der Waals surface area contributed by atoms with Crippen molar-refractivity contribution < 1.29 is 19.1 Å². The molecule has 0 spiro atoms. The lowest BCUT2D eigenvalue weighted by Crippen LogP contribution is -2.49. The van der Waals surface area contributed by atoms with Gasteiger partial charge in [-0.2, -0.15) is 0 Å². The van der Waals surface area contributed by atoms with Crippen molar-refractivity contribution in [1.82, 2.24) is 9.80 Å². The maximum absolute atomic E-state index is 13.3. The Hall–Kier alpha value is -3.15. The monoisotopic (exact) mass is 382 g/mol. The van der Waals surface area contributed by atoms with Crippen molar-refractivity contribution in [2.45, 2.75) is 26.3 Å². The molecule has 1 aliphatic rings. The van der Waals surface area contributed by atoms with Crippen LogP contribution in [0.2, 0.25) is 0 Å². The van der Waals surface area contributed by atoms with E-state index < -0.39 is 17.5 Å². The van der Waals surface area contributed by atoms with Crippen LogP contribution in [0.3, 0.4) is 0 Å². The topological polar surface area (TPSA) is 66.9 Å². The van der Waals surface area contributed by atoms with Gasteiger partial charge in [-0.05, 0) is 26.8 Å². The van der Waals surface area contributed by atoms with Gasteiger partial charge in [-0.25, -0.2) is 4.79 Å². The number of carbonyl (C=O) groups excluding carboxylic acids is 3. The number of ketones is 1. The van der Waals surface area contributed by atoms with Crippen LogP contribution in [0.5, 0.6) is 0 Å². The van der Waals surface area contributed by atoms with Crippen LogP contribution < -0.4 is 0 Å². The molecule has 6 heteroatoms. The highest BCUT2D eigenvalue weighted by molar-refractivity contribution is 6.12. The normalized spacial score (nSPS) is 19.8. The average molecular weight is 382 g/mol. The van der Waals surface area contributed by atoms with Crippen LogP contribution in [-0.2, 0) is 9.53 Å². The molecule has 0 aromatic heterocycles. The Labute approximate surface area is 165 Å². The number of amides is 3. The quantitative estimate of drug-likeness (QED) is 0.283. The highest BCUT2D eigenvalue weighted by atomic mass is 16.5. The van der Waals surface area contributed by atoms with Gasteiger partial charge in [0.15, 0.2) is 5.78 Å². The number of carbonyl (C=O) groups is 3. The lowest BCUT2D eigenvalue weighted by atomic mass is 9.89. The standard InChI is InChI=1S/C22H26N2O4/c1-6-12-19(28-8-3)16(4)22(5)20(26)23(21(27)24(22)7-2)15-18(25)17-13-10-9-11-14-17/h6,9-14H,1,4,7-8,15H2,2-3,5H3/b19-12+. The molecule has 28 heavy (non-hydrogen) atoms. The van der Waals surface area contributed by atoms with E-state index in [2.05, 4.69) is 13.2 Å². The van der Waals surface area contributed by atoms with Crippen LogP contribution in [0.4, 0.5) is 4.79 Å². The zero-order valence-electron chi connectivity index (χ0n) is 16.6. The van der Waals surface area contributed by atoms with Gasteiger partial charge >= 0.3 is 6.03 Å². The number of urea groups is 1. The van der Waals surface area contributed by atoms with Gasteiger partial charge in [0.1, 0.15) is 11.3 Å². The SMILES string of the molecule is C=C/C=C(/OCC)C(=C)C1(C)C(=O)N(CC(=O)c2ccccc2)C(=O)N1CC. The minimum atomic E-state index is -1.34. The molecule has 0 aliphatic carbocycles. The first-order valence-corrected chi connectivity index (χ1v) is 9.19. The molecule has 1 atom stereocenters. The van der Waals surface area contributed by atoms with E-state index in [1.54, 1.807) is 50.3 Å². The largest absolute Gasteiger partial charge is 0.494 e. The zero-order chi connectivity index (χ0) is 20.9. The molecule has 0 N–H and O–H groups in total. The number of nitrogens with zero attached hydrogens (tertiary/aromatic N) is 2. The summed E-state index contributed by atoms with van der Waals surface area (Å²) >= 11 is 0. The highest BCUT2D eigenvalue weighted by Crippen LogP contribution is 2.37. The molecule has 6 nitrogen and oxygen atoms in total. The van der Waals surface area contributed by atoms with Gasteiger partial charge in [-0.1, -0.05) is 49.6 Å². The van der Waals surface area contributed by atoms with E-state index in [0.717, 1.165) is 4.90 Å². The first-order chi connectivity index (χ1) is 13.3. The fraction of sp³-hybridized carbons (Fsp3) is 0.318. The molecule has 148 valence electrons. The van der Waals surface area contributed by atoms with E-state index >= 15 is 0 Å². The summed E-state index contributed by atoms with van der Waals surface area (Å²) in [6, 6.07) is 8.06. The number of allylic oxidation sites excluding steroid dienone is 2. The molecule has 0 saturated carbocycles. The van der Waals surface area contributed by atoms with Gasteiger partial charge in [0.2, 0.25) is 0 Å². The maximum atomic E-state index is 13.3. The van der Waals surface area contributed by atoms with Crippen LogP contribution in [-0.4, -0.2) is 52.8 Å². The van der Waals surface area contributed by atoms with Crippen LogP contribution in [0, 0.1) is 0 Å². The van der Waals surface area contributed by atoms with Crippen molar-refractivity contribution in [3.8, 4) is 0 Å². The number of Topliss-reactive ketones (excluding diaryl/α,β-unsaturated/α-hetero) is 1. The van der Waals surface area contributed by atoms with E-state index in [9.17, 15) is 14.4 Å². The van der Waals surface area contributed by atoms with Crippen LogP contribution in [0.1, 0.15) is 31.1 Å². The van der Waals surface area contributed by atoms with Crippen molar-refractivity contribution in [2.75, 3.05) is 19.7 Å². The Morgan fingerprint density at radius 3 is 2.39 bits per heavy atom. The van der Waals surface area contributed by atoms with Gasteiger partial charge in [-0.3, -0.25) is 14.5 Å². The predicted molar refractivity (Wildman–Crippen MR) is 108 cm³/mol. The molecule has 1 aliphatic heterocycles. The molecule has 0 bridgehead atoms. The number of ether oxygens (including phenoxy) is 1. The Morgan fingerprint density at radius 2 is 1.86 bits per heavy atom. The van der Waals surface area contributed by atoms with E-state index in [4.69, 9.17) is 4.74 Å². The molecule has 1 heterocycles. The summed E-state index contributed by atoms with van der Waals surface area (Å²) < 4.78 is 5.60. The van der Waals surface area contributed by atoms with Gasteiger partial charge in [0.05, 0.1) is 13.2 Å². The number of rotatable bonds is 9. The second kappa shape index (κ2) is 8.69. The molecule has 1 unspecified atom stereocenters. The number of hydrogen-bond donors (Lipinski definition) is 0. The minimum absolute atomic E-state index is 0.281. The fourth-order valence-corrected chi connectivity index (χ4v) is 3.28. The summed E-state index contributed by atoms with van der Waals surface area (Å²) in [5.74, 6) is -0.418. The molecular weight excluding hydrogens is 356 g/mol. The minimum Gasteiger partial charge on any atom is -0.494 e. The lowest BCUT2D eigenvalue weighted by molar-refractivity contribution is -0.130. The molecule has 1 aromatic carbocycles. The summed E-state index contributed by atoms with van der Waals surface area (Å²) in [5.41, 5.74) is -0.545. The van der Waals surface area contributed by atoms with Gasteiger partial charge < -0.3 is 9.64 Å². The number of benzene rings is 1. The van der Waals surface area contributed by atoms with Crippen molar-refractivity contribution in [3.63, 3.8) is 0 Å². The molecule has 3 amide bonds. The van der Waals surface area contributed by atoms with Gasteiger partial charge in [0, 0.05) is 17.7 Å². The molecule has 2 rings (SSSR count). The Morgan fingerprint density at radius 1 is 1.21 bits per heavy atom. The van der Waals surface area contributed by atoms with Crippen molar-refractivity contribution in [2.24, 2.45) is 0 Å². The summed E-state index contributed by atoms with van der Waals surface area (Å²) in [6.07, 6.45) is 3.15. The lowest BCUT2D eigenvalue weighted by Gasteiger charge is -2.33. The van der Waals surface area contributed by atoms with E-state index in [0.29, 0.717) is 23.5 Å². The molecule has 1 fully saturated rings. The van der Waals surface area contributed by atoms with Crippen molar-refractivity contribution >= 4 is 17.7 Å². The Balaban J connectivity index is 2.38. The zero-order valence-corrected chi connectivity index (χ0v) is 16.6. The Bertz CT molecular complexity index is 828. The second-order valence-electron chi connectivity index (χ2n) is 6.46. The van der Waals surface area contributed by atoms with Crippen LogP contribution >= 0.6 is 0 Å². The summed E-state index contributed by atoms with van der Waals surface area (Å²) in [6.45, 7) is 13.2. The number of hydrogen-bond acceptors (Lipinski definition) is 4. The fourth-order valence-electron chi connectivity index (χ4n) is 3.28. The third kappa shape index (κ3) is 3.63. The average Bonchev–Trinajstić information content (AvgIpc) is 2.88.